The van der Waals surface area contributed by atoms with E-state index in [0.29, 0.717) is 6.04 Å². The third kappa shape index (κ3) is 4.35. The van der Waals surface area contributed by atoms with Crippen LogP contribution in [-0.2, 0) is 13.1 Å². The zero-order chi connectivity index (χ0) is 18.5. The van der Waals surface area contributed by atoms with Gasteiger partial charge in [-0.3, -0.25) is 14.8 Å². The maximum Gasteiger partial charge on any atom is 0.0746 e. The first-order valence-corrected chi connectivity index (χ1v) is 9.77. The molecule has 1 fully saturated rings. The summed E-state index contributed by atoms with van der Waals surface area (Å²) in [5.41, 5.74) is 3.73. The molecule has 3 aromatic rings. The van der Waals surface area contributed by atoms with Crippen LogP contribution in [-0.4, -0.2) is 52.2 Å². The van der Waals surface area contributed by atoms with Gasteiger partial charge in [0.15, 0.2) is 0 Å². The summed E-state index contributed by atoms with van der Waals surface area (Å²) in [5.74, 6) is 0. The van der Waals surface area contributed by atoms with Crippen molar-refractivity contribution in [3.8, 4) is 0 Å². The second-order valence-corrected chi connectivity index (χ2v) is 7.35. The maximum absolute atomic E-state index is 9.56. The Morgan fingerprint density at radius 1 is 0.926 bits per heavy atom. The van der Waals surface area contributed by atoms with Crippen molar-refractivity contribution in [1.82, 2.24) is 14.8 Å². The highest BCUT2D eigenvalue weighted by molar-refractivity contribution is 5.81. The number of hydrogen-bond donors (Lipinski definition) is 1. The van der Waals surface area contributed by atoms with Gasteiger partial charge >= 0.3 is 0 Å². The molecule has 1 aliphatic heterocycles. The average Bonchev–Trinajstić information content (AvgIpc) is 2.71. The molecule has 0 unspecified atom stereocenters. The number of rotatable bonds is 6. The minimum Gasteiger partial charge on any atom is -0.396 e. The molecule has 0 saturated carbocycles. The number of para-hydroxylation sites is 1. The van der Waals surface area contributed by atoms with E-state index in [0.717, 1.165) is 44.7 Å². The van der Waals surface area contributed by atoms with E-state index in [4.69, 9.17) is 0 Å². The molecule has 1 aromatic heterocycles. The minimum absolute atomic E-state index is 0.236. The summed E-state index contributed by atoms with van der Waals surface area (Å²) in [4.78, 5) is 9.62. The molecule has 140 valence electrons. The van der Waals surface area contributed by atoms with E-state index in [9.17, 15) is 5.11 Å². The van der Waals surface area contributed by atoms with Gasteiger partial charge < -0.3 is 5.11 Å². The van der Waals surface area contributed by atoms with Crippen LogP contribution in [0.3, 0.4) is 0 Å². The van der Waals surface area contributed by atoms with Gasteiger partial charge in [0.25, 0.3) is 0 Å². The summed E-state index contributed by atoms with van der Waals surface area (Å²) in [7, 11) is 0. The molecule has 0 spiro atoms. The Kier molecular flexibility index (Phi) is 5.78. The fraction of sp³-hybridized carbons (Fsp3) is 0.348. The van der Waals surface area contributed by atoms with Crippen molar-refractivity contribution >= 4 is 10.9 Å². The number of benzene rings is 2. The van der Waals surface area contributed by atoms with Crippen molar-refractivity contribution < 1.29 is 5.11 Å². The lowest BCUT2D eigenvalue weighted by molar-refractivity contribution is 0.0501. The van der Waals surface area contributed by atoms with E-state index in [1.807, 2.05) is 12.3 Å². The molecule has 1 atom stereocenters. The predicted molar refractivity (Wildman–Crippen MR) is 109 cm³/mol. The second kappa shape index (κ2) is 8.61. The number of piperazine rings is 1. The normalized spacial score (nSPS) is 18.8. The number of fused-ring (bicyclic) bond motifs is 1. The van der Waals surface area contributed by atoms with E-state index in [-0.39, 0.29) is 6.61 Å². The Bertz CT molecular complexity index is 862. The molecule has 1 aliphatic rings. The molecule has 0 aliphatic carbocycles. The maximum atomic E-state index is 9.56. The van der Waals surface area contributed by atoms with Crippen LogP contribution in [0.5, 0.6) is 0 Å². The van der Waals surface area contributed by atoms with Crippen molar-refractivity contribution in [1.29, 1.82) is 0 Å². The van der Waals surface area contributed by atoms with Crippen LogP contribution >= 0.6 is 0 Å². The first-order valence-electron chi connectivity index (χ1n) is 9.77. The Hall–Kier alpha value is -2.27. The van der Waals surface area contributed by atoms with Gasteiger partial charge in [-0.25, -0.2) is 0 Å². The lowest BCUT2D eigenvalue weighted by atomic mass is 10.0. The van der Waals surface area contributed by atoms with Gasteiger partial charge in [0.2, 0.25) is 0 Å². The number of nitrogens with zero attached hydrogens (tertiary/aromatic N) is 3. The molecule has 2 aromatic carbocycles. The summed E-state index contributed by atoms with van der Waals surface area (Å²) in [5, 5.41) is 10.8. The predicted octanol–water partition coefficient (Wildman–Crippen LogP) is 3.30. The average molecular weight is 361 g/mol. The third-order valence-corrected chi connectivity index (χ3v) is 5.49. The zero-order valence-corrected chi connectivity index (χ0v) is 15.7. The Balaban J connectivity index is 1.46. The van der Waals surface area contributed by atoms with Crippen molar-refractivity contribution in [3.63, 3.8) is 0 Å². The minimum atomic E-state index is 0.236. The van der Waals surface area contributed by atoms with Gasteiger partial charge in [0, 0.05) is 57.0 Å². The van der Waals surface area contributed by atoms with Gasteiger partial charge in [-0.15, -0.1) is 0 Å². The molecule has 1 saturated heterocycles. The molecule has 2 heterocycles. The molecule has 0 radical (unpaired) electrons. The summed E-state index contributed by atoms with van der Waals surface area (Å²) < 4.78 is 0. The van der Waals surface area contributed by atoms with E-state index >= 15 is 0 Å². The topological polar surface area (TPSA) is 39.6 Å². The second-order valence-electron chi connectivity index (χ2n) is 7.35. The van der Waals surface area contributed by atoms with Crippen LogP contribution in [0.25, 0.3) is 10.9 Å². The summed E-state index contributed by atoms with van der Waals surface area (Å²) >= 11 is 0. The molecule has 0 bridgehead atoms. The van der Waals surface area contributed by atoms with Crippen LogP contribution in [0.4, 0.5) is 0 Å². The largest absolute Gasteiger partial charge is 0.396 e. The fourth-order valence-electron chi connectivity index (χ4n) is 4.09. The highest BCUT2D eigenvalue weighted by Gasteiger charge is 2.26. The van der Waals surface area contributed by atoms with E-state index < -0.39 is 0 Å². The van der Waals surface area contributed by atoms with Gasteiger partial charge in [-0.05, 0) is 23.6 Å². The standard InChI is InChI=1S/C23H27N3O/c27-15-11-22-18-25(13-14-26(22)16-19-6-2-1-3-7-19)17-21-9-4-8-20-10-5-12-24-23(20)21/h1-10,12,22,27H,11,13-18H2/t22-/m0/s1. The summed E-state index contributed by atoms with van der Waals surface area (Å²) in [6.07, 6.45) is 2.69. The Morgan fingerprint density at radius 2 is 1.78 bits per heavy atom. The SMILES string of the molecule is OCC[C@H]1CN(Cc2cccc3cccnc23)CCN1Cc1ccccc1. The smallest absolute Gasteiger partial charge is 0.0746 e. The van der Waals surface area contributed by atoms with E-state index in [1.54, 1.807) is 0 Å². The lowest BCUT2D eigenvalue weighted by Gasteiger charge is -2.41. The lowest BCUT2D eigenvalue weighted by Crippen LogP contribution is -2.52. The summed E-state index contributed by atoms with van der Waals surface area (Å²) in [6, 6.07) is 21.6. The first-order chi connectivity index (χ1) is 13.3. The van der Waals surface area contributed by atoms with E-state index in [1.165, 1.54) is 16.5 Å². The van der Waals surface area contributed by atoms with Gasteiger partial charge in [-0.1, -0.05) is 54.6 Å². The third-order valence-electron chi connectivity index (χ3n) is 5.49. The molecule has 4 nitrogen and oxygen atoms in total. The van der Waals surface area contributed by atoms with Crippen molar-refractivity contribution in [2.75, 3.05) is 26.2 Å². The van der Waals surface area contributed by atoms with Crippen molar-refractivity contribution in [2.24, 2.45) is 0 Å². The zero-order valence-electron chi connectivity index (χ0n) is 15.7. The van der Waals surface area contributed by atoms with Gasteiger partial charge in [-0.2, -0.15) is 0 Å². The van der Waals surface area contributed by atoms with Gasteiger partial charge in [0.1, 0.15) is 0 Å². The van der Waals surface area contributed by atoms with Crippen LogP contribution in [0.1, 0.15) is 17.5 Å². The number of aromatic nitrogens is 1. The highest BCUT2D eigenvalue weighted by Crippen LogP contribution is 2.21. The van der Waals surface area contributed by atoms with Crippen LogP contribution in [0, 0.1) is 0 Å². The van der Waals surface area contributed by atoms with Crippen molar-refractivity contribution in [2.45, 2.75) is 25.6 Å². The molecule has 27 heavy (non-hydrogen) atoms. The van der Waals surface area contributed by atoms with E-state index in [2.05, 4.69) is 69.4 Å². The van der Waals surface area contributed by atoms with Crippen LogP contribution < -0.4 is 0 Å². The van der Waals surface area contributed by atoms with Gasteiger partial charge in [0.05, 0.1) is 5.52 Å². The molecular formula is C23H27N3O. The fourth-order valence-corrected chi connectivity index (χ4v) is 4.09. The quantitative estimate of drug-likeness (QED) is 0.731. The number of hydrogen-bond acceptors (Lipinski definition) is 4. The molecule has 0 amide bonds. The number of aliphatic hydroxyl groups is 1. The first kappa shape index (κ1) is 18.1. The van der Waals surface area contributed by atoms with Crippen LogP contribution in [0.15, 0.2) is 66.9 Å². The molecular weight excluding hydrogens is 334 g/mol. The molecule has 4 heteroatoms. The summed E-state index contributed by atoms with van der Waals surface area (Å²) in [6.45, 7) is 5.15. The monoisotopic (exact) mass is 361 g/mol. The van der Waals surface area contributed by atoms with Crippen LogP contribution in [0.2, 0.25) is 0 Å². The molecule has 1 N–H and O–H groups in total. The highest BCUT2D eigenvalue weighted by atomic mass is 16.3. The Morgan fingerprint density at radius 3 is 2.63 bits per heavy atom. The number of pyridine rings is 1. The van der Waals surface area contributed by atoms with Crippen molar-refractivity contribution in [3.05, 3.63) is 78.0 Å². The Labute approximate surface area is 161 Å². The number of aliphatic hydroxyl groups excluding tert-OH is 1. The molecule has 4 rings (SSSR count).